The second-order valence-electron chi connectivity index (χ2n) is 7.53. The number of rotatable bonds is 8. The maximum absolute atomic E-state index is 13.1. The molecule has 0 bridgehead atoms. The van der Waals surface area contributed by atoms with Crippen LogP contribution in [0.15, 0.2) is 58.6 Å². The van der Waals surface area contributed by atoms with Gasteiger partial charge < -0.3 is 14.8 Å². The van der Waals surface area contributed by atoms with Crippen LogP contribution in [-0.4, -0.2) is 42.9 Å². The number of thioether (sulfide) groups is 1. The number of nitrogens with zero attached hydrogens (tertiary/aromatic N) is 1. The summed E-state index contributed by atoms with van der Waals surface area (Å²) in [6.45, 7) is 8.35. The van der Waals surface area contributed by atoms with Crippen molar-refractivity contribution in [3.63, 3.8) is 0 Å². The summed E-state index contributed by atoms with van der Waals surface area (Å²) in [4.78, 5) is 28.8. The number of aryl methyl sites for hydroxylation is 2. The number of urea groups is 1. The Balaban J connectivity index is 2.06. The van der Waals surface area contributed by atoms with E-state index in [0.29, 0.717) is 23.6 Å². The first-order valence-corrected chi connectivity index (χ1v) is 11.9. The summed E-state index contributed by atoms with van der Waals surface area (Å²) in [5.74, 6) is 0.218. The van der Waals surface area contributed by atoms with Crippen molar-refractivity contribution in [1.82, 2.24) is 10.2 Å². The molecular weight excluding hydrogens is 424 g/mol. The summed E-state index contributed by atoms with van der Waals surface area (Å²) in [6.07, 6.45) is 2.01. The normalized spacial score (nSPS) is 16.1. The number of carbonyl (C=O) groups excluding carboxylic acids is 2. The minimum Gasteiger partial charge on any atom is -0.487 e. The van der Waals surface area contributed by atoms with E-state index in [1.165, 1.54) is 0 Å². The van der Waals surface area contributed by atoms with Crippen molar-refractivity contribution >= 4 is 23.8 Å². The Morgan fingerprint density at radius 3 is 2.44 bits per heavy atom. The summed E-state index contributed by atoms with van der Waals surface area (Å²) in [6, 6.07) is 12.8. The fraction of sp³-hybridized carbons (Fsp3) is 0.360. The van der Waals surface area contributed by atoms with Gasteiger partial charge in [0.25, 0.3) is 0 Å². The largest absolute Gasteiger partial charge is 0.487 e. The maximum Gasteiger partial charge on any atom is 0.338 e. The molecule has 0 saturated carbocycles. The second-order valence-corrected chi connectivity index (χ2v) is 8.41. The molecule has 1 atom stereocenters. The van der Waals surface area contributed by atoms with E-state index in [-0.39, 0.29) is 19.2 Å². The van der Waals surface area contributed by atoms with Crippen LogP contribution in [0.4, 0.5) is 4.79 Å². The van der Waals surface area contributed by atoms with Crippen molar-refractivity contribution in [1.29, 1.82) is 0 Å². The zero-order valence-corrected chi connectivity index (χ0v) is 20.0. The van der Waals surface area contributed by atoms with Crippen LogP contribution in [-0.2, 0) is 9.53 Å². The highest BCUT2D eigenvalue weighted by molar-refractivity contribution is 7.98. The Morgan fingerprint density at radius 1 is 1.12 bits per heavy atom. The van der Waals surface area contributed by atoms with E-state index < -0.39 is 12.0 Å². The Bertz CT molecular complexity index is 1020. The monoisotopic (exact) mass is 454 g/mol. The van der Waals surface area contributed by atoms with Crippen molar-refractivity contribution in [2.45, 2.75) is 38.6 Å². The first-order valence-electron chi connectivity index (χ1n) is 10.7. The molecule has 2 aromatic rings. The number of ether oxygens (including phenoxy) is 2. The van der Waals surface area contributed by atoms with Crippen LogP contribution in [0.1, 0.15) is 36.6 Å². The quantitative estimate of drug-likeness (QED) is 0.449. The van der Waals surface area contributed by atoms with Gasteiger partial charge in [-0.25, -0.2) is 9.59 Å². The summed E-state index contributed by atoms with van der Waals surface area (Å²) < 4.78 is 11.4. The van der Waals surface area contributed by atoms with E-state index in [0.717, 1.165) is 21.6 Å². The SMILES string of the molecule is CCOC(=O)C1=C(COc2ccc(SC)cc2)N(CC)C(=O)NC1c1ccc(C)cc1C. The highest BCUT2D eigenvalue weighted by Crippen LogP contribution is 2.34. The Hall–Kier alpha value is -2.93. The van der Waals surface area contributed by atoms with Gasteiger partial charge in [-0.15, -0.1) is 11.8 Å². The van der Waals surface area contributed by atoms with Crippen LogP contribution < -0.4 is 10.1 Å². The van der Waals surface area contributed by atoms with Crippen LogP contribution in [0, 0.1) is 13.8 Å². The van der Waals surface area contributed by atoms with Gasteiger partial charge in [-0.3, -0.25) is 4.90 Å². The van der Waals surface area contributed by atoms with Gasteiger partial charge in [0.2, 0.25) is 0 Å². The number of nitrogens with one attached hydrogen (secondary N) is 1. The molecule has 0 radical (unpaired) electrons. The summed E-state index contributed by atoms with van der Waals surface area (Å²) >= 11 is 1.65. The lowest BCUT2D eigenvalue weighted by atomic mass is 9.91. The van der Waals surface area contributed by atoms with Crippen molar-refractivity contribution in [2.75, 3.05) is 26.0 Å². The van der Waals surface area contributed by atoms with Gasteiger partial charge in [-0.05, 0) is 69.3 Å². The molecule has 0 spiro atoms. The molecule has 3 rings (SSSR count). The van der Waals surface area contributed by atoms with E-state index in [9.17, 15) is 9.59 Å². The molecule has 0 fully saturated rings. The van der Waals surface area contributed by atoms with Gasteiger partial charge in [0.1, 0.15) is 12.4 Å². The third-order valence-electron chi connectivity index (χ3n) is 5.42. The first-order chi connectivity index (χ1) is 15.4. The van der Waals surface area contributed by atoms with Crippen LogP contribution in [0.25, 0.3) is 0 Å². The number of benzene rings is 2. The van der Waals surface area contributed by atoms with Gasteiger partial charge in [0.15, 0.2) is 0 Å². The number of amides is 2. The lowest BCUT2D eigenvalue weighted by Gasteiger charge is -2.36. The minimum atomic E-state index is -0.609. The molecule has 7 heteroatoms. The van der Waals surface area contributed by atoms with Crippen LogP contribution in [0.3, 0.4) is 0 Å². The summed E-state index contributed by atoms with van der Waals surface area (Å²) in [7, 11) is 0. The van der Waals surface area contributed by atoms with Crippen molar-refractivity contribution in [2.24, 2.45) is 0 Å². The highest BCUT2D eigenvalue weighted by atomic mass is 32.2. The zero-order chi connectivity index (χ0) is 23.3. The molecule has 2 aromatic carbocycles. The van der Waals surface area contributed by atoms with Crippen LogP contribution >= 0.6 is 11.8 Å². The smallest absolute Gasteiger partial charge is 0.338 e. The first kappa shape index (κ1) is 23.7. The molecule has 0 aliphatic carbocycles. The molecule has 2 amide bonds. The second kappa shape index (κ2) is 10.6. The van der Waals surface area contributed by atoms with Crippen LogP contribution in [0.5, 0.6) is 5.75 Å². The number of hydrogen-bond acceptors (Lipinski definition) is 5. The zero-order valence-electron chi connectivity index (χ0n) is 19.2. The molecule has 170 valence electrons. The molecule has 1 aliphatic rings. The van der Waals surface area contributed by atoms with Crippen molar-refractivity contribution in [3.8, 4) is 5.75 Å². The van der Waals surface area contributed by atoms with Crippen molar-refractivity contribution in [3.05, 3.63) is 70.4 Å². The fourth-order valence-electron chi connectivity index (χ4n) is 3.85. The Kier molecular flexibility index (Phi) is 7.85. The van der Waals surface area contributed by atoms with Gasteiger partial charge in [-0.1, -0.05) is 23.8 Å². The predicted molar refractivity (Wildman–Crippen MR) is 127 cm³/mol. The fourth-order valence-corrected chi connectivity index (χ4v) is 4.26. The topological polar surface area (TPSA) is 67.9 Å². The average molecular weight is 455 g/mol. The molecule has 32 heavy (non-hydrogen) atoms. The van der Waals surface area contributed by atoms with E-state index >= 15 is 0 Å². The maximum atomic E-state index is 13.1. The third-order valence-corrected chi connectivity index (χ3v) is 6.16. The molecule has 1 unspecified atom stereocenters. The third kappa shape index (κ3) is 5.10. The molecular formula is C25H30N2O4S. The van der Waals surface area contributed by atoms with E-state index in [1.54, 1.807) is 23.6 Å². The van der Waals surface area contributed by atoms with E-state index in [4.69, 9.17) is 9.47 Å². The van der Waals surface area contributed by atoms with Crippen molar-refractivity contribution < 1.29 is 19.1 Å². The van der Waals surface area contributed by atoms with Gasteiger partial charge in [0, 0.05) is 11.4 Å². The Morgan fingerprint density at radius 2 is 1.84 bits per heavy atom. The van der Waals surface area contributed by atoms with E-state index in [2.05, 4.69) is 5.32 Å². The summed E-state index contributed by atoms with van der Waals surface area (Å²) in [5.41, 5.74) is 3.90. The van der Waals surface area contributed by atoms with Gasteiger partial charge in [-0.2, -0.15) is 0 Å². The van der Waals surface area contributed by atoms with Gasteiger partial charge in [0.05, 0.1) is 23.9 Å². The molecule has 6 nitrogen and oxygen atoms in total. The van der Waals surface area contributed by atoms with Crippen LogP contribution in [0.2, 0.25) is 0 Å². The average Bonchev–Trinajstić information content (AvgIpc) is 2.77. The van der Waals surface area contributed by atoms with Gasteiger partial charge >= 0.3 is 12.0 Å². The Labute approximate surface area is 194 Å². The lowest BCUT2D eigenvalue weighted by Crippen LogP contribution is -2.49. The molecule has 1 aliphatic heterocycles. The molecule has 1 heterocycles. The summed E-state index contributed by atoms with van der Waals surface area (Å²) in [5, 5.41) is 3.00. The number of likely N-dealkylation sites (N-methyl/N-ethyl adjacent to an activating group) is 1. The lowest BCUT2D eigenvalue weighted by molar-refractivity contribution is -0.139. The predicted octanol–water partition coefficient (Wildman–Crippen LogP) is 5.01. The molecule has 0 saturated heterocycles. The standard InChI is InChI=1S/C25H30N2O4S/c1-6-27-21(15-31-18-9-11-19(32-5)12-10-18)22(24(28)30-7-2)23(26-25(27)29)20-13-8-16(3)14-17(20)4/h8-14,23H,6-7,15H2,1-5H3,(H,26,29). The number of esters is 1. The highest BCUT2D eigenvalue weighted by Gasteiger charge is 2.38. The minimum absolute atomic E-state index is 0.0788. The van der Waals surface area contributed by atoms with E-state index in [1.807, 2.05) is 69.5 Å². The number of hydrogen-bond donors (Lipinski definition) is 1. The number of carbonyl (C=O) groups is 2. The molecule has 1 N–H and O–H groups in total. The molecule has 0 aromatic heterocycles.